The van der Waals surface area contributed by atoms with Gasteiger partial charge in [0.15, 0.2) is 0 Å². The maximum absolute atomic E-state index is 13.5. The lowest BCUT2D eigenvalue weighted by atomic mass is 10.0. The SMILES string of the molecule is CC(N)CCCc1c(F)ccc(Br)c1F. The van der Waals surface area contributed by atoms with Gasteiger partial charge in [-0.15, -0.1) is 0 Å². The van der Waals surface area contributed by atoms with Crippen molar-refractivity contribution in [2.75, 3.05) is 0 Å². The highest BCUT2D eigenvalue weighted by atomic mass is 79.9. The molecule has 0 saturated heterocycles. The summed E-state index contributed by atoms with van der Waals surface area (Å²) in [6.07, 6.45) is 1.85. The van der Waals surface area contributed by atoms with Crippen LogP contribution in [0.25, 0.3) is 0 Å². The van der Waals surface area contributed by atoms with Crippen LogP contribution in [0.5, 0.6) is 0 Å². The molecule has 0 heterocycles. The smallest absolute Gasteiger partial charge is 0.143 e. The maximum Gasteiger partial charge on any atom is 0.143 e. The zero-order valence-corrected chi connectivity index (χ0v) is 10.2. The van der Waals surface area contributed by atoms with Gasteiger partial charge in [-0.2, -0.15) is 0 Å². The summed E-state index contributed by atoms with van der Waals surface area (Å²) < 4.78 is 27.0. The van der Waals surface area contributed by atoms with Crippen LogP contribution in [0.3, 0.4) is 0 Å². The molecule has 0 aliphatic heterocycles. The lowest BCUT2D eigenvalue weighted by Gasteiger charge is -2.07. The number of hydrogen-bond acceptors (Lipinski definition) is 1. The molecule has 1 nitrogen and oxygen atoms in total. The predicted molar refractivity (Wildman–Crippen MR) is 60.6 cm³/mol. The van der Waals surface area contributed by atoms with Crippen molar-refractivity contribution in [2.24, 2.45) is 5.73 Å². The summed E-state index contributed by atoms with van der Waals surface area (Å²) in [5.41, 5.74) is 5.71. The van der Waals surface area contributed by atoms with Crippen molar-refractivity contribution in [1.29, 1.82) is 0 Å². The minimum Gasteiger partial charge on any atom is -0.328 e. The van der Waals surface area contributed by atoms with Crippen LogP contribution < -0.4 is 5.73 Å². The standard InChI is InChI=1S/C11H14BrF2N/c1-7(15)3-2-4-8-10(13)6-5-9(12)11(8)14/h5-7H,2-4,15H2,1H3. The van der Waals surface area contributed by atoms with Crippen LogP contribution in [0.15, 0.2) is 16.6 Å². The van der Waals surface area contributed by atoms with Gasteiger partial charge in [0.2, 0.25) is 0 Å². The number of hydrogen-bond donors (Lipinski definition) is 1. The van der Waals surface area contributed by atoms with Gasteiger partial charge >= 0.3 is 0 Å². The van der Waals surface area contributed by atoms with E-state index in [9.17, 15) is 8.78 Å². The molecule has 2 N–H and O–H groups in total. The number of rotatable bonds is 4. The third-order valence-electron chi connectivity index (χ3n) is 2.23. The average Bonchev–Trinajstić information content (AvgIpc) is 2.17. The molecule has 1 unspecified atom stereocenters. The first-order chi connectivity index (χ1) is 7.02. The van der Waals surface area contributed by atoms with Gasteiger partial charge in [-0.25, -0.2) is 8.78 Å². The molecule has 1 atom stereocenters. The van der Waals surface area contributed by atoms with Crippen molar-refractivity contribution < 1.29 is 8.78 Å². The fourth-order valence-electron chi connectivity index (χ4n) is 1.40. The van der Waals surface area contributed by atoms with Gasteiger partial charge in [-0.1, -0.05) is 0 Å². The molecule has 0 aliphatic carbocycles. The topological polar surface area (TPSA) is 26.0 Å². The van der Waals surface area contributed by atoms with E-state index >= 15 is 0 Å². The first-order valence-corrected chi connectivity index (χ1v) is 5.69. The van der Waals surface area contributed by atoms with Gasteiger partial charge in [0.1, 0.15) is 11.6 Å². The van der Waals surface area contributed by atoms with Crippen LogP contribution >= 0.6 is 15.9 Å². The highest BCUT2D eigenvalue weighted by Gasteiger charge is 2.11. The Balaban J connectivity index is 2.71. The van der Waals surface area contributed by atoms with Gasteiger partial charge in [-0.05, 0) is 54.2 Å². The van der Waals surface area contributed by atoms with Gasteiger partial charge in [0, 0.05) is 11.6 Å². The molecule has 0 radical (unpaired) electrons. The molecule has 0 bridgehead atoms. The second-order valence-electron chi connectivity index (χ2n) is 3.69. The van der Waals surface area contributed by atoms with Gasteiger partial charge < -0.3 is 5.73 Å². The van der Waals surface area contributed by atoms with E-state index in [0.29, 0.717) is 17.3 Å². The molecule has 0 saturated carbocycles. The summed E-state index contributed by atoms with van der Waals surface area (Å²) in [4.78, 5) is 0. The molecule has 1 rings (SSSR count). The molecule has 0 aromatic heterocycles. The lowest BCUT2D eigenvalue weighted by Crippen LogP contribution is -2.14. The maximum atomic E-state index is 13.5. The second-order valence-corrected chi connectivity index (χ2v) is 4.55. The van der Waals surface area contributed by atoms with E-state index in [-0.39, 0.29) is 11.6 Å². The van der Waals surface area contributed by atoms with Crippen LogP contribution in [0.2, 0.25) is 0 Å². The Hall–Kier alpha value is -0.480. The largest absolute Gasteiger partial charge is 0.328 e. The van der Waals surface area contributed by atoms with Crippen LogP contribution in [-0.2, 0) is 6.42 Å². The van der Waals surface area contributed by atoms with Crippen LogP contribution in [0.4, 0.5) is 8.78 Å². The first kappa shape index (κ1) is 12.6. The molecule has 84 valence electrons. The molecular formula is C11H14BrF2N. The highest BCUT2D eigenvalue weighted by molar-refractivity contribution is 9.10. The Morgan fingerprint density at radius 1 is 1.40 bits per heavy atom. The second kappa shape index (κ2) is 5.56. The first-order valence-electron chi connectivity index (χ1n) is 4.90. The molecule has 0 fully saturated rings. The Morgan fingerprint density at radius 3 is 2.67 bits per heavy atom. The summed E-state index contributed by atoms with van der Waals surface area (Å²) in [7, 11) is 0. The van der Waals surface area contributed by atoms with E-state index in [1.165, 1.54) is 12.1 Å². The summed E-state index contributed by atoms with van der Waals surface area (Å²) >= 11 is 3.03. The summed E-state index contributed by atoms with van der Waals surface area (Å²) in [6, 6.07) is 2.72. The number of benzene rings is 1. The zero-order valence-electron chi connectivity index (χ0n) is 8.56. The van der Waals surface area contributed by atoms with E-state index in [4.69, 9.17) is 5.73 Å². The van der Waals surface area contributed by atoms with Crippen LogP contribution in [-0.4, -0.2) is 6.04 Å². The summed E-state index contributed by atoms with van der Waals surface area (Å²) in [5.74, 6) is -0.986. The number of nitrogens with two attached hydrogens (primary N) is 1. The normalized spacial score (nSPS) is 12.9. The Labute approximate surface area is 96.8 Å². The van der Waals surface area contributed by atoms with E-state index in [2.05, 4.69) is 15.9 Å². The minimum atomic E-state index is -0.500. The van der Waals surface area contributed by atoms with Gasteiger partial charge in [0.25, 0.3) is 0 Å². The quantitative estimate of drug-likeness (QED) is 0.839. The Morgan fingerprint density at radius 2 is 2.07 bits per heavy atom. The molecule has 1 aromatic carbocycles. The highest BCUT2D eigenvalue weighted by Crippen LogP contribution is 2.23. The van der Waals surface area contributed by atoms with Gasteiger partial charge in [0.05, 0.1) is 4.47 Å². The van der Waals surface area contributed by atoms with E-state index in [1.54, 1.807) is 0 Å². The lowest BCUT2D eigenvalue weighted by molar-refractivity contribution is 0.534. The van der Waals surface area contributed by atoms with Gasteiger partial charge in [-0.3, -0.25) is 0 Å². The van der Waals surface area contributed by atoms with Crippen LogP contribution in [0.1, 0.15) is 25.3 Å². The van der Waals surface area contributed by atoms with Crippen molar-refractivity contribution in [1.82, 2.24) is 0 Å². The van der Waals surface area contributed by atoms with E-state index in [1.807, 2.05) is 6.92 Å². The molecule has 0 amide bonds. The third-order valence-corrected chi connectivity index (χ3v) is 2.84. The third kappa shape index (κ3) is 3.54. The fraction of sp³-hybridized carbons (Fsp3) is 0.455. The number of halogens is 3. The molecular weight excluding hydrogens is 264 g/mol. The van der Waals surface area contributed by atoms with Crippen molar-refractivity contribution in [3.63, 3.8) is 0 Å². The van der Waals surface area contributed by atoms with Crippen molar-refractivity contribution in [3.05, 3.63) is 33.8 Å². The van der Waals surface area contributed by atoms with Crippen molar-refractivity contribution in [3.8, 4) is 0 Å². The fourth-order valence-corrected chi connectivity index (χ4v) is 1.77. The molecule has 1 aromatic rings. The predicted octanol–water partition coefficient (Wildman–Crippen LogP) is 3.40. The summed E-state index contributed by atoms with van der Waals surface area (Å²) in [5, 5.41) is 0. The molecule has 4 heteroatoms. The van der Waals surface area contributed by atoms with Crippen molar-refractivity contribution in [2.45, 2.75) is 32.2 Å². The summed E-state index contributed by atoms with van der Waals surface area (Å²) in [6.45, 7) is 1.88. The van der Waals surface area contributed by atoms with E-state index < -0.39 is 11.6 Å². The van der Waals surface area contributed by atoms with Crippen molar-refractivity contribution >= 4 is 15.9 Å². The Bertz CT molecular complexity index is 340. The minimum absolute atomic E-state index is 0.0725. The Kier molecular flexibility index (Phi) is 4.67. The molecule has 0 aliphatic rings. The van der Waals surface area contributed by atoms with E-state index in [0.717, 1.165) is 6.42 Å². The zero-order chi connectivity index (χ0) is 11.4. The monoisotopic (exact) mass is 277 g/mol. The molecule has 0 spiro atoms. The molecule has 15 heavy (non-hydrogen) atoms. The van der Waals surface area contributed by atoms with Crippen LogP contribution in [0, 0.1) is 11.6 Å². The average molecular weight is 278 g/mol.